The molecule has 0 fully saturated rings. The van der Waals surface area contributed by atoms with E-state index in [0.717, 1.165) is 23.6 Å². The van der Waals surface area contributed by atoms with Gasteiger partial charge in [-0.3, -0.25) is 9.59 Å². The Balaban J connectivity index is 1.47. The zero-order chi connectivity index (χ0) is 23.1. The summed E-state index contributed by atoms with van der Waals surface area (Å²) >= 11 is 7.23. The molecule has 3 aromatic rings. The van der Waals surface area contributed by atoms with Crippen LogP contribution in [-0.2, 0) is 18.3 Å². The van der Waals surface area contributed by atoms with E-state index in [0.29, 0.717) is 28.9 Å². The largest absolute Gasteiger partial charge is 0.493 e. The number of nitrogens with zero attached hydrogens (tertiary/aromatic N) is 3. The first-order valence-corrected chi connectivity index (χ1v) is 11.3. The number of nitrogens with one attached hydrogen (secondary N) is 1. The molecule has 1 heterocycles. The molecule has 0 aliphatic heterocycles. The van der Waals surface area contributed by atoms with Crippen molar-refractivity contribution in [2.24, 2.45) is 12.8 Å². The highest BCUT2D eigenvalue weighted by Crippen LogP contribution is 2.22. The zero-order valence-corrected chi connectivity index (χ0v) is 19.4. The highest BCUT2D eigenvalue weighted by molar-refractivity contribution is 7.99. The maximum absolute atomic E-state index is 12.3. The number of anilines is 1. The molecule has 0 saturated heterocycles. The first-order valence-electron chi connectivity index (χ1n) is 9.94. The maximum atomic E-state index is 12.3. The van der Waals surface area contributed by atoms with Crippen molar-refractivity contribution < 1.29 is 14.3 Å². The molecule has 0 spiro atoms. The molecular weight excluding hydrogens is 450 g/mol. The lowest BCUT2D eigenvalue weighted by molar-refractivity contribution is -0.113. The molecule has 0 aliphatic rings. The van der Waals surface area contributed by atoms with Gasteiger partial charge in [0.1, 0.15) is 11.6 Å². The van der Waals surface area contributed by atoms with Gasteiger partial charge in [-0.15, -0.1) is 10.2 Å². The van der Waals surface area contributed by atoms with Crippen LogP contribution >= 0.6 is 23.4 Å². The quantitative estimate of drug-likeness (QED) is 0.343. The number of halogens is 1. The number of hydrogen-bond donors (Lipinski definition) is 2. The van der Waals surface area contributed by atoms with E-state index in [-0.39, 0.29) is 17.2 Å². The number of thioether (sulfide) groups is 1. The molecule has 0 aliphatic carbocycles. The van der Waals surface area contributed by atoms with Gasteiger partial charge in [-0.25, -0.2) is 0 Å². The van der Waals surface area contributed by atoms with E-state index in [9.17, 15) is 9.59 Å². The molecule has 0 bridgehead atoms. The van der Waals surface area contributed by atoms with Crippen molar-refractivity contribution in [3.8, 4) is 5.75 Å². The number of benzene rings is 2. The molecule has 0 atom stereocenters. The van der Waals surface area contributed by atoms with Crippen LogP contribution in [0.5, 0.6) is 5.75 Å². The summed E-state index contributed by atoms with van der Waals surface area (Å²) in [6.45, 7) is 2.50. The number of amides is 2. The Morgan fingerprint density at radius 3 is 2.75 bits per heavy atom. The fraction of sp³-hybridized carbons (Fsp3) is 0.273. The smallest absolute Gasteiger partial charge is 0.250 e. The van der Waals surface area contributed by atoms with Gasteiger partial charge in [0.15, 0.2) is 5.16 Å². The summed E-state index contributed by atoms with van der Waals surface area (Å²) < 4.78 is 7.68. The van der Waals surface area contributed by atoms with E-state index < -0.39 is 5.91 Å². The van der Waals surface area contributed by atoms with Crippen LogP contribution in [0.25, 0.3) is 0 Å². The fourth-order valence-corrected chi connectivity index (χ4v) is 3.96. The van der Waals surface area contributed by atoms with Crippen molar-refractivity contribution in [3.05, 3.63) is 64.4 Å². The number of primary amides is 1. The van der Waals surface area contributed by atoms with Crippen molar-refractivity contribution in [1.82, 2.24) is 14.8 Å². The normalized spacial score (nSPS) is 10.7. The average molecular weight is 474 g/mol. The highest BCUT2D eigenvalue weighted by atomic mass is 35.5. The van der Waals surface area contributed by atoms with Crippen molar-refractivity contribution in [2.45, 2.75) is 24.9 Å². The molecule has 8 nitrogen and oxygen atoms in total. The van der Waals surface area contributed by atoms with E-state index >= 15 is 0 Å². The summed E-state index contributed by atoms with van der Waals surface area (Å²) in [5.74, 6) is 0.885. The standard InChI is InChI=1S/C22H24ClN5O3S/c1-14-12-15(23)9-10-18(14)31-11-5-8-19-26-27-22(28(19)2)32-13-20(29)25-17-7-4-3-6-16(17)21(24)30/h3-4,6-7,9-10,12H,5,8,11,13H2,1-2H3,(H2,24,30)(H,25,29). The monoisotopic (exact) mass is 473 g/mol. The number of ether oxygens (including phenoxy) is 1. The summed E-state index contributed by atoms with van der Waals surface area (Å²) in [7, 11) is 1.86. The number of hydrogen-bond acceptors (Lipinski definition) is 6. The number of aromatic nitrogens is 3. The fourth-order valence-electron chi connectivity index (χ4n) is 3.00. The van der Waals surface area contributed by atoms with Crippen LogP contribution in [0.15, 0.2) is 47.6 Å². The third kappa shape index (κ3) is 6.24. The Labute approximate surface area is 195 Å². The minimum absolute atomic E-state index is 0.123. The predicted octanol–water partition coefficient (Wildman–Crippen LogP) is 3.62. The van der Waals surface area contributed by atoms with Gasteiger partial charge in [0.2, 0.25) is 5.91 Å². The van der Waals surface area contributed by atoms with Crippen LogP contribution in [0.1, 0.15) is 28.2 Å². The molecule has 2 amide bonds. The highest BCUT2D eigenvalue weighted by Gasteiger charge is 2.14. The van der Waals surface area contributed by atoms with Gasteiger partial charge in [0.25, 0.3) is 5.91 Å². The molecule has 168 valence electrons. The summed E-state index contributed by atoms with van der Waals surface area (Å²) in [6, 6.07) is 12.1. The molecular formula is C22H24ClN5O3S. The van der Waals surface area contributed by atoms with Crippen molar-refractivity contribution in [2.75, 3.05) is 17.7 Å². The number of rotatable bonds is 10. The van der Waals surface area contributed by atoms with Crippen LogP contribution in [0, 0.1) is 6.92 Å². The third-order valence-electron chi connectivity index (χ3n) is 4.66. The second kappa shape index (κ2) is 11.0. The number of nitrogens with two attached hydrogens (primary N) is 1. The number of carbonyl (C=O) groups is 2. The molecule has 0 radical (unpaired) electrons. The van der Waals surface area contributed by atoms with Crippen LogP contribution in [0.4, 0.5) is 5.69 Å². The van der Waals surface area contributed by atoms with Gasteiger partial charge >= 0.3 is 0 Å². The van der Waals surface area contributed by atoms with Crippen molar-refractivity contribution in [1.29, 1.82) is 0 Å². The minimum Gasteiger partial charge on any atom is -0.493 e. The second-order valence-electron chi connectivity index (χ2n) is 7.07. The number of carbonyl (C=O) groups excluding carboxylic acids is 2. The lowest BCUT2D eigenvalue weighted by Gasteiger charge is -2.09. The molecule has 0 unspecified atom stereocenters. The molecule has 1 aromatic heterocycles. The zero-order valence-electron chi connectivity index (χ0n) is 17.8. The maximum Gasteiger partial charge on any atom is 0.250 e. The van der Waals surface area contributed by atoms with E-state index in [2.05, 4.69) is 15.5 Å². The lowest BCUT2D eigenvalue weighted by Crippen LogP contribution is -2.19. The van der Waals surface area contributed by atoms with E-state index in [1.54, 1.807) is 30.3 Å². The van der Waals surface area contributed by atoms with Crippen LogP contribution in [0.2, 0.25) is 5.02 Å². The van der Waals surface area contributed by atoms with Crippen LogP contribution < -0.4 is 15.8 Å². The van der Waals surface area contributed by atoms with Crippen molar-refractivity contribution >= 4 is 40.9 Å². The van der Waals surface area contributed by atoms with E-state index in [4.69, 9.17) is 22.1 Å². The Morgan fingerprint density at radius 1 is 1.22 bits per heavy atom. The summed E-state index contributed by atoms with van der Waals surface area (Å²) in [5, 5.41) is 12.4. The molecule has 32 heavy (non-hydrogen) atoms. The van der Waals surface area contributed by atoms with Gasteiger partial charge in [-0.2, -0.15) is 0 Å². The van der Waals surface area contributed by atoms with Crippen LogP contribution in [0.3, 0.4) is 0 Å². The Kier molecular flexibility index (Phi) is 8.13. The minimum atomic E-state index is -0.596. The summed E-state index contributed by atoms with van der Waals surface area (Å²) in [5.41, 5.74) is 6.99. The Morgan fingerprint density at radius 2 is 2.00 bits per heavy atom. The predicted molar refractivity (Wildman–Crippen MR) is 125 cm³/mol. The van der Waals surface area contributed by atoms with Crippen molar-refractivity contribution in [3.63, 3.8) is 0 Å². The molecule has 10 heteroatoms. The molecule has 3 rings (SSSR count). The SMILES string of the molecule is Cc1cc(Cl)ccc1OCCCc1nnc(SCC(=O)Nc2ccccc2C(N)=O)n1C. The average Bonchev–Trinajstić information content (AvgIpc) is 3.10. The van der Waals surface area contributed by atoms with Gasteiger partial charge in [0, 0.05) is 18.5 Å². The van der Waals surface area contributed by atoms with Crippen LogP contribution in [-0.4, -0.2) is 38.9 Å². The lowest BCUT2D eigenvalue weighted by atomic mass is 10.1. The van der Waals surface area contributed by atoms with Gasteiger partial charge in [-0.05, 0) is 49.2 Å². The van der Waals surface area contributed by atoms with Gasteiger partial charge in [-0.1, -0.05) is 35.5 Å². The van der Waals surface area contributed by atoms with Gasteiger partial charge in [0.05, 0.1) is 23.6 Å². The number of aryl methyl sites for hydroxylation is 2. The van der Waals surface area contributed by atoms with E-state index in [1.807, 2.05) is 30.7 Å². The topological polar surface area (TPSA) is 112 Å². The Hall–Kier alpha value is -3.04. The summed E-state index contributed by atoms with van der Waals surface area (Å²) in [4.78, 5) is 23.8. The Bertz CT molecular complexity index is 1120. The molecule has 3 N–H and O–H groups in total. The second-order valence-corrected chi connectivity index (χ2v) is 8.45. The first-order chi connectivity index (χ1) is 15.3. The van der Waals surface area contributed by atoms with Gasteiger partial charge < -0.3 is 20.4 Å². The van der Waals surface area contributed by atoms with E-state index in [1.165, 1.54) is 11.8 Å². The molecule has 2 aromatic carbocycles. The summed E-state index contributed by atoms with van der Waals surface area (Å²) in [6.07, 6.45) is 1.46. The third-order valence-corrected chi connectivity index (χ3v) is 5.92. The number of para-hydroxylation sites is 1. The first kappa shape index (κ1) is 23.6. The molecule has 0 saturated carbocycles.